The van der Waals surface area contributed by atoms with Crippen molar-refractivity contribution in [3.8, 4) is 0 Å². The fourth-order valence-corrected chi connectivity index (χ4v) is 9.52. The van der Waals surface area contributed by atoms with E-state index in [-0.39, 0.29) is 47.3 Å². The highest BCUT2D eigenvalue weighted by molar-refractivity contribution is 6.01. The van der Waals surface area contributed by atoms with Crippen molar-refractivity contribution in [2.45, 2.75) is 52.4 Å². The molecular weight excluding hydrogens is 368 g/mol. The molecule has 1 heterocycles. The van der Waals surface area contributed by atoms with Crippen LogP contribution in [0, 0.1) is 58.2 Å². The Balaban J connectivity index is 1.36. The van der Waals surface area contributed by atoms with Gasteiger partial charge in [0, 0.05) is 16.7 Å². The zero-order valence-corrected chi connectivity index (χ0v) is 17.1. The van der Waals surface area contributed by atoms with E-state index < -0.39 is 22.7 Å². The predicted octanol–water partition coefficient (Wildman–Crippen LogP) is 3.12. The van der Waals surface area contributed by atoms with Crippen LogP contribution in [0.15, 0.2) is 12.2 Å². The molecule has 10 atom stereocenters. The van der Waals surface area contributed by atoms with Crippen molar-refractivity contribution in [1.29, 1.82) is 0 Å². The zero-order chi connectivity index (χ0) is 20.5. The van der Waals surface area contributed by atoms with E-state index in [9.17, 15) is 19.2 Å². The van der Waals surface area contributed by atoms with E-state index in [0.29, 0.717) is 11.7 Å². The zero-order valence-electron chi connectivity index (χ0n) is 17.1. The molecule has 0 aromatic heterocycles. The SMILES string of the molecule is C=C(C)C1C2CC(C1C(C)=O)C1(CCC3(CC4CC3C3C(=O)OC(=O)C43)C1=O)C2. The fraction of sp³-hybridized carbons (Fsp3) is 0.750. The van der Waals surface area contributed by atoms with E-state index >= 15 is 0 Å². The summed E-state index contributed by atoms with van der Waals surface area (Å²) in [6.45, 7) is 7.85. The van der Waals surface area contributed by atoms with Crippen LogP contribution >= 0.6 is 0 Å². The van der Waals surface area contributed by atoms with Crippen LogP contribution < -0.4 is 0 Å². The first-order valence-corrected chi connectivity index (χ1v) is 11.2. The quantitative estimate of drug-likeness (QED) is 0.407. The maximum absolute atomic E-state index is 14.2. The summed E-state index contributed by atoms with van der Waals surface area (Å²) >= 11 is 0. The molecule has 5 saturated carbocycles. The summed E-state index contributed by atoms with van der Waals surface area (Å²) in [5.41, 5.74) is 0.196. The molecule has 1 saturated heterocycles. The Hall–Kier alpha value is -1.78. The summed E-state index contributed by atoms with van der Waals surface area (Å²) in [7, 11) is 0. The van der Waals surface area contributed by atoms with Gasteiger partial charge in [-0.1, -0.05) is 12.2 Å². The van der Waals surface area contributed by atoms with E-state index in [1.165, 1.54) is 0 Å². The minimum atomic E-state index is -0.472. The molecule has 5 aliphatic carbocycles. The number of hydrogen-bond donors (Lipinski definition) is 0. The highest BCUT2D eigenvalue weighted by Gasteiger charge is 2.76. The van der Waals surface area contributed by atoms with Gasteiger partial charge in [0.15, 0.2) is 0 Å². The van der Waals surface area contributed by atoms with Crippen LogP contribution in [0.25, 0.3) is 0 Å². The average molecular weight is 396 g/mol. The van der Waals surface area contributed by atoms with Gasteiger partial charge in [-0.15, -0.1) is 0 Å². The summed E-state index contributed by atoms with van der Waals surface area (Å²) in [4.78, 5) is 51.3. The Morgan fingerprint density at radius 2 is 1.48 bits per heavy atom. The highest BCUT2D eigenvalue weighted by Crippen LogP contribution is 2.75. The average Bonchev–Trinajstić information content (AvgIpc) is 3.45. The van der Waals surface area contributed by atoms with Crippen LogP contribution in [0.1, 0.15) is 52.4 Å². The lowest BCUT2D eigenvalue weighted by molar-refractivity contribution is -0.154. The first-order chi connectivity index (χ1) is 13.7. The minimum absolute atomic E-state index is 0.0461. The van der Waals surface area contributed by atoms with Crippen molar-refractivity contribution < 1.29 is 23.9 Å². The number of carbonyl (C=O) groups is 4. The molecule has 10 unspecified atom stereocenters. The van der Waals surface area contributed by atoms with Crippen molar-refractivity contribution >= 4 is 23.5 Å². The molecule has 0 N–H and O–H groups in total. The number of esters is 2. The molecule has 6 fully saturated rings. The number of ketones is 2. The molecule has 4 bridgehead atoms. The topological polar surface area (TPSA) is 77.5 Å². The molecule has 29 heavy (non-hydrogen) atoms. The van der Waals surface area contributed by atoms with Gasteiger partial charge in [0.1, 0.15) is 11.6 Å². The van der Waals surface area contributed by atoms with Crippen molar-refractivity contribution in [3.63, 3.8) is 0 Å². The number of cyclic esters (lactones) is 2. The number of allylic oxidation sites excluding steroid dienone is 1. The van der Waals surface area contributed by atoms with Crippen molar-refractivity contribution in [2.75, 3.05) is 0 Å². The molecule has 1 aliphatic heterocycles. The lowest BCUT2D eigenvalue weighted by atomic mass is 9.57. The van der Waals surface area contributed by atoms with E-state index in [1.54, 1.807) is 6.92 Å². The van der Waals surface area contributed by atoms with Gasteiger partial charge in [0.2, 0.25) is 0 Å². The lowest BCUT2D eigenvalue weighted by Gasteiger charge is -2.43. The van der Waals surface area contributed by atoms with Gasteiger partial charge in [0.25, 0.3) is 0 Å². The van der Waals surface area contributed by atoms with Crippen LogP contribution in [0.4, 0.5) is 0 Å². The molecule has 6 aliphatic rings. The molecule has 0 aromatic carbocycles. The monoisotopic (exact) mass is 396 g/mol. The second-order valence-corrected chi connectivity index (χ2v) is 11.1. The summed E-state index contributed by atoms with van der Waals surface area (Å²) in [5, 5.41) is 0. The van der Waals surface area contributed by atoms with Crippen LogP contribution in [-0.4, -0.2) is 23.5 Å². The third kappa shape index (κ3) is 1.85. The Morgan fingerprint density at radius 3 is 2.14 bits per heavy atom. The second kappa shape index (κ2) is 5.28. The fourth-order valence-electron chi connectivity index (χ4n) is 9.52. The predicted molar refractivity (Wildman–Crippen MR) is 102 cm³/mol. The first kappa shape index (κ1) is 18.0. The van der Waals surface area contributed by atoms with Gasteiger partial charge in [-0.2, -0.15) is 0 Å². The summed E-state index contributed by atoms with van der Waals surface area (Å²) < 4.78 is 4.96. The van der Waals surface area contributed by atoms with E-state index in [1.807, 2.05) is 6.92 Å². The molecule has 2 spiro atoms. The molecule has 0 amide bonds. The van der Waals surface area contributed by atoms with Crippen LogP contribution in [0.3, 0.4) is 0 Å². The molecule has 5 nitrogen and oxygen atoms in total. The van der Waals surface area contributed by atoms with Gasteiger partial charge in [-0.25, -0.2) is 0 Å². The van der Waals surface area contributed by atoms with E-state index in [4.69, 9.17) is 4.74 Å². The van der Waals surface area contributed by atoms with Crippen molar-refractivity contribution in [3.05, 3.63) is 12.2 Å². The van der Waals surface area contributed by atoms with Gasteiger partial charge >= 0.3 is 11.9 Å². The molecule has 154 valence electrons. The normalized spacial score (nSPS) is 54.1. The van der Waals surface area contributed by atoms with Crippen molar-refractivity contribution in [2.24, 2.45) is 58.2 Å². The summed E-state index contributed by atoms with van der Waals surface area (Å²) in [6, 6.07) is 0. The molecule has 6 rings (SSSR count). The number of Topliss-reactive ketones (excluding diaryl/α,β-unsaturated/α-hetero) is 2. The van der Waals surface area contributed by atoms with Crippen LogP contribution in [-0.2, 0) is 23.9 Å². The molecular formula is C24H28O5. The Morgan fingerprint density at radius 1 is 0.897 bits per heavy atom. The Bertz CT molecular complexity index is 903. The minimum Gasteiger partial charge on any atom is -0.393 e. The number of hydrogen-bond acceptors (Lipinski definition) is 5. The maximum atomic E-state index is 14.2. The Labute approximate surface area is 170 Å². The van der Waals surface area contributed by atoms with E-state index in [0.717, 1.165) is 44.1 Å². The van der Waals surface area contributed by atoms with Crippen LogP contribution in [0.2, 0.25) is 0 Å². The maximum Gasteiger partial charge on any atom is 0.317 e. The first-order valence-electron chi connectivity index (χ1n) is 11.2. The largest absolute Gasteiger partial charge is 0.393 e. The van der Waals surface area contributed by atoms with Gasteiger partial charge in [0.05, 0.1) is 11.8 Å². The molecule has 5 heteroatoms. The lowest BCUT2D eigenvalue weighted by Crippen LogP contribution is -2.49. The van der Waals surface area contributed by atoms with Crippen molar-refractivity contribution in [1.82, 2.24) is 0 Å². The third-order valence-corrected chi connectivity index (χ3v) is 10.1. The highest BCUT2D eigenvalue weighted by atomic mass is 16.6. The summed E-state index contributed by atoms with van der Waals surface area (Å²) in [6.07, 6.45) is 5.00. The summed E-state index contributed by atoms with van der Waals surface area (Å²) in [5.74, 6) is -0.331. The van der Waals surface area contributed by atoms with Crippen LogP contribution in [0.5, 0.6) is 0 Å². The second-order valence-electron chi connectivity index (χ2n) is 11.1. The van der Waals surface area contributed by atoms with Gasteiger partial charge in [-0.3, -0.25) is 19.2 Å². The molecule has 0 aromatic rings. The number of carbonyl (C=O) groups excluding carboxylic acids is 4. The number of fused-ring (bicyclic) bond motifs is 9. The Kier molecular flexibility index (Phi) is 3.28. The van der Waals surface area contributed by atoms with E-state index in [2.05, 4.69) is 6.58 Å². The standard InChI is InChI=1S/C24H28O5/c1-10(2)16-12-6-14(17(16)11(3)25)23(8-12)4-5-24(22(23)28)9-13-7-15(24)19-18(13)20(26)29-21(19)27/h12-19H,1,4-9H2,2-3H3. The van der Waals surface area contributed by atoms with Gasteiger partial charge < -0.3 is 4.74 Å². The number of rotatable bonds is 2. The third-order valence-electron chi connectivity index (χ3n) is 10.1. The molecule has 0 radical (unpaired) electrons. The number of ether oxygens (including phenoxy) is 1. The van der Waals surface area contributed by atoms with Gasteiger partial charge in [-0.05, 0) is 82.0 Å². The smallest absolute Gasteiger partial charge is 0.317 e.